The van der Waals surface area contributed by atoms with E-state index in [4.69, 9.17) is 4.74 Å². The third-order valence-corrected chi connectivity index (χ3v) is 7.74. The van der Waals surface area contributed by atoms with Gasteiger partial charge in [0.1, 0.15) is 28.8 Å². The van der Waals surface area contributed by atoms with E-state index in [1.54, 1.807) is 51.4 Å². The van der Waals surface area contributed by atoms with Crippen LogP contribution in [0.2, 0.25) is 0 Å². The van der Waals surface area contributed by atoms with Crippen LogP contribution >= 0.6 is 15.9 Å². The molecule has 5 rings (SSSR count). The number of hydrogen-bond acceptors (Lipinski definition) is 8. The van der Waals surface area contributed by atoms with Crippen molar-refractivity contribution in [3.8, 4) is 11.1 Å². The van der Waals surface area contributed by atoms with Gasteiger partial charge in [0.15, 0.2) is 5.67 Å². The lowest BCUT2D eigenvalue weighted by Crippen LogP contribution is -2.45. The lowest BCUT2D eigenvalue weighted by molar-refractivity contribution is -0.137. The molecular weight excluding hydrogens is 609 g/mol. The fourth-order valence-electron chi connectivity index (χ4n) is 5.20. The topological polar surface area (TPSA) is 135 Å². The third-order valence-electron chi connectivity index (χ3n) is 7.29. The average Bonchev–Trinajstić information content (AvgIpc) is 3.49. The summed E-state index contributed by atoms with van der Waals surface area (Å²) in [6.07, 6.45) is 2.28. The highest BCUT2D eigenvalue weighted by atomic mass is 79.9. The Morgan fingerprint density at radius 3 is 2.64 bits per heavy atom. The van der Waals surface area contributed by atoms with E-state index in [0.717, 1.165) is 16.7 Å². The minimum atomic E-state index is -1.91. The summed E-state index contributed by atoms with van der Waals surface area (Å²) in [5.41, 5.74) is 1.42. The van der Waals surface area contributed by atoms with Crippen molar-refractivity contribution >= 4 is 44.5 Å². The van der Waals surface area contributed by atoms with Gasteiger partial charge in [0, 0.05) is 36.9 Å². The first-order chi connectivity index (χ1) is 20.0. The van der Waals surface area contributed by atoms with Crippen molar-refractivity contribution in [2.24, 2.45) is 0 Å². The van der Waals surface area contributed by atoms with E-state index in [1.807, 2.05) is 12.1 Å². The van der Waals surface area contributed by atoms with Crippen molar-refractivity contribution in [2.45, 2.75) is 51.6 Å². The second-order valence-electron chi connectivity index (χ2n) is 10.6. The van der Waals surface area contributed by atoms with Gasteiger partial charge in [0.2, 0.25) is 11.8 Å². The van der Waals surface area contributed by atoms with E-state index < -0.39 is 29.6 Å². The zero-order chi connectivity index (χ0) is 30.2. The van der Waals surface area contributed by atoms with E-state index in [2.05, 4.69) is 41.3 Å². The molecule has 13 heteroatoms. The molecule has 0 radical (unpaired) electrons. The number of fused-ring (bicyclic) bond motifs is 1. The Morgan fingerprint density at radius 1 is 1.21 bits per heavy atom. The largest absolute Gasteiger partial charge is 0.387 e. The number of ether oxygens (including phenoxy) is 1. The normalized spacial score (nSPS) is 19.3. The van der Waals surface area contributed by atoms with Crippen LogP contribution in [-0.4, -0.2) is 78.5 Å². The molecule has 1 fully saturated rings. The number of methoxy groups -OCH3 is 1. The fraction of sp³-hybridized carbons (Fsp3) is 0.379. The minimum absolute atomic E-state index is 0.230. The molecule has 42 heavy (non-hydrogen) atoms. The van der Waals surface area contributed by atoms with Crippen LogP contribution in [0.15, 0.2) is 47.3 Å². The number of aliphatic hydroxyl groups excluding tert-OH is 1. The fourth-order valence-corrected chi connectivity index (χ4v) is 5.51. The number of aliphatic hydroxyl groups is 1. The number of aromatic nitrogens is 5. The Bertz CT molecular complexity index is 1650. The Hall–Kier alpha value is -3.81. The quantitative estimate of drug-likeness (QED) is 0.277. The first-order valence-electron chi connectivity index (χ1n) is 13.4. The lowest BCUT2D eigenvalue weighted by atomic mass is 10.0. The number of alkyl halides is 1. The van der Waals surface area contributed by atoms with Crippen LogP contribution in [0.5, 0.6) is 0 Å². The number of carbonyl (C=O) groups is 2. The molecule has 1 saturated heterocycles. The monoisotopic (exact) mass is 639 g/mol. The van der Waals surface area contributed by atoms with Crippen molar-refractivity contribution < 1.29 is 23.8 Å². The smallest absolute Gasteiger partial charge is 0.248 e. The number of hydrogen-bond donors (Lipinski definition) is 2. The molecule has 0 bridgehead atoms. The van der Waals surface area contributed by atoms with E-state index in [0.29, 0.717) is 32.8 Å². The molecule has 11 nitrogen and oxygen atoms in total. The molecule has 0 aliphatic carbocycles. The Labute approximate surface area is 250 Å². The number of anilines is 1. The number of carbonyl (C=O) groups excluding carboxylic acids is 2. The average molecular weight is 641 g/mol. The van der Waals surface area contributed by atoms with Crippen LogP contribution in [0.1, 0.15) is 36.5 Å². The number of rotatable bonds is 8. The van der Waals surface area contributed by atoms with Crippen LogP contribution in [-0.2, 0) is 20.9 Å². The summed E-state index contributed by atoms with van der Waals surface area (Å²) < 4.78 is 22.8. The molecule has 2 amide bonds. The van der Waals surface area contributed by atoms with Crippen LogP contribution < -0.4 is 5.32 Å². The van der Waals surface area contributed by atoms with Gasteiger partial charge >= 0.3 is 0 Å². The van der Waals surface area contributed by atoms with Gasteiger partial charge < -0.3 is 20.1 Å². The predicted molar refractivity (Wildman–Crippen MR) is 157 cm³/mol. The molecule has 1 unspecified atom stereocenters. The first kappa shape index (κ1) is 29.7. The number of halogens is 2. The maximum Gasteiger partial charge on any atom is 0.248 e. The van der Waals surface area contributed by atoms with Crippen LogP contribution in [0.25, 0.3) is 22.0 Å². The number of benzene rings is 1. The maximum atomic E-state index is 15.8. The Morgan fingerprint density at radius 2 is 1.95 bits per heavy atom. The van der Waals surface area contributed by atoms with Gasteiger partial charge in [0.25, 0.3) is 0 Å². The molecule has 1 aromatic carbocycles. The van der Waals surface area contributed by atoms with Crippen molar-refractivity contribution in [3.63, 3.8) is 0 Å². The Balaban J connectivity index is 1.45. The third kappa shape index (κ3) is 6.03. The lowest BCUT2D eigenvalue weighted by Gasteiger charge is -2.24. The molecule has 3 atom stereocenters. The second kappa shape index (κ2) is 11.8. The highest BCUT2D eigenvalue weighted by Crippen LogP contribution is 2.34. The highest BCUT2D eigenvalue weighted by Gasteiger charge is 2.49. The van der Waals surface area contributed by atoms with E-state index >= 15 is 4.39 Å². The van der Waals surface area contributed by atoms with E-state index in [1.165, 1.54) is 16.7 Å². The molecule has 1 aliphatic rings. The van der Waals surface area contributed by atoms with Gasteiger partial charge in [-0.25, -0.2) is 19.3 Å². The number of aryl methyl sites for hydroxylation is 2. The summed E-state index contributed by atoms with van der Waals surface area (Å²) in [4.78, 5) is 41.2. The molecule has 0 saturated carbocycles. The molecule has 2 N–H and O–H groups in total. The Kier molecular flexibility index (Phi) is 8.35. The van der Waals surface area contributed by atoms with E-state index in [9.17, 15) is 14.7 Å². The zero-order valence-electron chi connectivity index (χ0n) is 23.6. The van der Waals surface area contributed by atoms with Crippen molar-refractivity contribution in [2.75, 3.05) is 25.6 Å². The summed E-state index contributed by atoms with van der Waals surface area (Å²) >= 11 is 3.30. The van der Waals surface area contributed by atoms with Crippen LogP contribution in [0, 0.1) is 13.8 Å². The highest BCUT2D eigenvalue weighted by molar-refractivity contribution is 9.10. The number of nitrogens with one attached hydrogen (secondary N) is 1. The zero-order valence-corrected chi connectivity index (χ0v) is 25.2. The standard InChI is InChI=1S/C29H31BrFN7O4/c1-16-5-8-24(30)34-27(16)35-28(41)23-10-29(31,15-42-4)14-37(23)25(40)13-38-22-7-6-19(20-11-32-18(3)33-12-20)9-21(22)26(36-38)17(2)39/h5-9,11-12,17,23,39H,10,13-15H2,1-4H3,(H,34,35,41)/t17?,23-,29-/m0/s1. The predicted octanol–water partition coefficient (Wildman–Crippen LogP) is 3.92. The number of nitrogens with zero attached hydrogens (tertiary/aromatic N) is 6. The maximum absolute atomic E-state index is 15.8. The molecule has 220 valence electrons. The van der Waals surface area contributed by atoms with Crippen LogP contribution in [0.4, 0.5) is 10.2 Å². The number of likely N-dealkylation sites (tertiary alicyclic amines) is 1. The first-order valence-corrected chi connectivity index (χ1v) is 14.2. The molecule has 4 heterocycles. The van der Waals surface area contributed by atoms with Gasteiger partial charge in [-0.1, -0.05) is 12.1 Å². The summed E-state index contributed by atoms with van der Waals surface area (Å²) in [5, 5.41) is 18.4. The molecule has 1 aliphatic heterocycles. The molecular formula is C29H31BrFN7O4. The summed E-state index contributed by atoms with van der Waals surface area (Å²) in [6, 6.07) is 7.96. The van der Waals surface area contributed by atoms with Crippen molar-refractivity contribution in [1.29, 1.82) is 0 Å². The molecule has 3 aromatic heterocycles. The van der Waals surface area contributed by atoms with Gasteiger partial charge in [-0.2, -0.15) is 5.10 Å². The number of pyridine rings is 1. The summed E-state index contributed by atoms with van der Waals surface area (Å²) in [6.45, 7) is 4.33. The van der Waals surface area contributed by atoms with Crippen LogP contribution in [0.3, 0.4) is 0 Å². The van der Waals surface area contributed by atoms with Gasteiger partial charge in [0.05, 0.1) is 30.5 Å². The van der Waals surface area contributed by atoms with Crippen molar-refractivity contribution in [3.05, 3.63) is 64.4 Å². The molecule has 4 aromatic rings. The van der Waals surface area contributed by atoms with E-state index in [-0.39, 0.29) is 26.1 Å². The second-order valence-corrected chi connectivity index (χ2v) is 11.4. The molecule has 0 spiro atoms. The van der Waals surface area contributed by atoms with Gasteiger partial charge in [-0.05, 0) is 66.0 Å². The van der Waals surface area contributed by atoms with Gasteiger partial charge in [-0.3, -0.25) is 14.3 Å². The van der Waals surface area contributed by atoms with Crippen molar-refractivity contribution in [1.82, 2.24) is 29.6 Å². The van der Waals surface area contributed by atoms with Gasteiger partial charge in [-0.15, -0.1) is 0 Å². The summed E-state index contributed by atoms with van der Waals surface area (Å²) in [5.74, 6) is -0.0789. The number of amides is 2. The minimum Gasteiger partial charge on any atom is -0.387 e. The SMILES string of the molecule is COC[C@]1(F)C[C@@H](C(=O)Nc2nc(Br)ccc2C)N(C(=O)Cn2nc(C(C)O)c3cc(-c4cnc(C)nc4)ccc32)C1. The summed E-state index contributed by atoms with van der Waals surface area (Å²) in [7, 11) is 1.38.